The van der Waals surface area contributed by atoms with E-state index in [0.29, 0.717) is 17.7 Å². The van der Waals surface area contributed by atoms with Crippen LogP contribution in [0.3, 0.4) is 0 Å². The minimum Gasteiger partial charge on any atom is -0.342 e. The van der Waals surface area contributed by atoms with E-state index in [1.54, 1.807) is 0 Å². The number of benzene rings is 2. The highest BCUT2D eigenvalue weighted by molar-refractivity contribution is 5.97. The molecule has 2 aromatic carbocycles. The SMILES string of the molecule is N#Cc1ccccc1Cn1cc(C=O)c2ccccc21. The molecule has 0 aliphatic rings. The normalized spacial score (nSPS) is 10.3. The lowest BCUT2D eigenvalue weighted by Crippen LogP contribution is -2.00. The van der Waals surface area contributed by atoms with E-state index in [-0.39, 0.29) is 0 Å². The van der Waals surface area contributed by atoms with Gasteiger partial charge >= 0.3 is 0 Å². The Morgan fingerprint density at radius 3 is 2.65 bits per heavy atom. The molecule has 0 bridgehead atoms. The van der Waals surface area contributed by atoms with Crippen LogP contribution in [0.5, 0.6) is 0 Å². The van der Waals surface area contributed by atoms with E-state index in [1.165, 1.54) is 0 Å². The third-order valence-corrected chi connectivity index (χ3v) is 3.42. The molecule has 0 spiro atoms. The molecule has 3 aromatic rings. The number of para-hydroxylation sites is 1. The van der Waals surface area contributed by atoms with Crippen LogP contribution in [0, 0.1) is 11.3 Å². The van der Waals surface area contributed by atoms with Gasteiger partial charge in [0.2, 0.25) is 0 Å². The van der Waals surface area contributed by atoms with Crippen molar-refractivity contribution >= 4 is 17.2 Å². The molecule has 0 fully saturated rings. The standard InChI is InChI=1S/C17H12N2O/c18-9-13-5-1-2-6-14(13)10-19-11-15(12-20)16-7-3-4-8-17(16)19/h1-8,11-12H,10H2. The van der Waals surface area contributed by atoms with Crippen molar-refractivity contribution in [3.8, 4) is 6.07 Å². The number of hydrogen-bond acceptors (Lipinski definition) is 2. The van der Waals surface area contributed by atoms with Gasteiger partial charge in [-0.05, 0) is 17.7 Å². The maximum absolute atomic E-state index is 11.1. The molecule has 0 saturated heterocycles. The summed E-state index contributed by atoms with van der Waals surface area (Å²) in [6.45, 7) is 0.581. The average molecular weight is 260 g/mol. The molecule has 1 heterocycles. The summed E-state index contributed by atoms with van der Waals surface area (Å²) in [6, 6.07) is 17.5. The van der Waals surface area contributed by atoms with Gasteiger partial charge in [0.25, 0.3) is 0 Å². The predicted molar refractivity (Wildman–Crippen MR) is 77.6 cm³/mol. The lowest BCUT2D eigenvalue weighted by atomic mass is 10.1. The molecule has 1 aromatic heterocycles. The molecule has 0 aliphatic heterocycles. The third kappa shape index (κ3) is 1.98. The van der Waals surface area contributed by atoms with E-state index >= 15 is 0 Å². The maximum Gasteiger partial charge on any atom is 0.152 e. The molecule has 0 amide bonds. The zero-order chi connectivity index (χ0) is 13.9. The van der Waals surface area contributed by atoms with Crippen LogP contribution in [0.1, 0.15) is 21.5 Å². The minimum atomic E-state index is 0.581. The number of nitriles is 1. The van der Waals surface area contributed by atoms with Crippen LogP contribution >= 0.6 is 0 Å². The van der Waals surface area contributed by atoms with Crippen LogP contribution in [-0.4, -0.2) is 10.9 Å². The van der Waals surface area contributed by atoms with Crippen molar-refractivity contribution in [3.63, 3.8) is 0 Å². The summed E-state index contributed by atoms with van der Waals surface area (Å²) >= 11 is 0. The fourth-order valence-corrected chi connectivity index (χ4v) is 2.45. The second-order valence-corrected chi connectivity index (χ2v) is 4.62. The van der Waals surface area contributed by atoms with E-state index in [4.69, 9.17) is 5.26 Å². The first-order valence-electron chi connectivity index (χ1n) is 6.34. The van der Waals surface area contributed by atoms with Crippen molar-refractivity contribution in [2.45, 2.75) is 6.54 Å². The maximum atomic E-state index is 11.1. The van der Waals surface area contributed by atoms with Crippen molar-refractivity contribution < 1.29 is 4.79 Å². The Labute approximate surface area is 116 Å². The molecule has 3 nitrogen and oxygen atoms in total. The molecule has 0 unspecified atom stereocenters. The highest BCUT2D eigenvalue weighted by Gasteiger charge is 2.09. The second-order valence-electron chi connectivity index (χ2n) is 4.62. The lowest BCUT2D eigenvalue weighted by molar-refractivity contribution is 0.112. The van der Waals surface area contributed by atoms with Gasteiger partial charge in [0.1, 0.15) is 0 Å². The van der Waals surface area contributed by atoms with Crippen LogP contribution in [-0.2, 0) is 6.54 Å². The number of carbonyl (C=O) groups excluding carboxylic acids is 1. The van der Waals surface area contributed by atoms with Gasteiger partial charge in [-0.25, -0.2) is 0 Å². The molecule has 3 heteroatoms. The molecular formula is C17H12N2O. The number of aromatic nitrogens is 1. The fourth-order valence-electron chi connectivity index (χ4n) is 2.45. The molecule has 3 rings (SSSR count). The molecule has 0 N–H and O–H groups in total. The van der Waals surface area contributed by atoms with Gasteiger partial charge in [-0.3, -0.25) is 4.79 Å². The van der Waals surface area contributed by atoms with E-state index in [2.05, 4.69) is 6.07 Å². The van der Waals surface area contributed by atoms with Gasteiger partial charge in [-0.2, -0.15) is 5.26 Å². The number of nitrogens with zero attached hydrogens (tertiary/aromatic N) is 2. The second kappa shape index (κ2) is 5.02. The summed E-state index contributed by atoms with van der Waals surface area (Å²) in [4.78, 5) is 11.1. The quantitative estimate of drug-likeness (QED) is 0.678. The van der Waals surface area contributed by atoms with E-state index in [1.807, 2.05) is 59.3 Å². The van der Waals surface area contributed by atoms with Gasteiger partial charge in [-0.15, -0.1) is 0 Å². The van der Waals surface area contributed by atoms with Gasteiger partial charge in [0.05, 0.1) is 11.6 Å². The lowest BCUT2D eigenvalue weighted by Gasteiger charge is -2.07. The molecule has 0 atom stereocenters. The van der Waals surface area contributed by atoms with Crippen molar-refractivity contribution in [2.75, 3.05) is 0 Å². The molecule has 20 heavy (non-hydrogen) atoms. The topological polar surface area (TPSA) is 45.8 Å². The number of fused-ring (bicyclic) bond motifs is 1. The number of rotatable bonds is 3. The van der Waals surface area contributed by atoms with Gasteiger partial charge in [-0.1, -0.05) is 36.4 Å². The Kier molecular flexibility index (Phi) is 3.06. The Balaban J connectivity index is 2.12. The molecule has 0 radical (unpaired) electrons. The Bertz CT molecular complexity index is 824. The summed E-state index contributed by atoms with van der Waals surface area (Å²) < 4.78 is 2.01. The molecule has 0 aliphatic carbocycles. The van der Waals surface area contributed by atoms with E-state index in [0.717, 1.165) is 22.8 Å². The first-order chi connectivity index (χ1) is 9.83. The van der Waals surface area contributed by atoms with Crippen LogP contribution in [0.15, 0.2) is 54.7 Å². The predicted octanol–water partition coefficient (Wildman–Crippen LogP) is 3.37. The Morgan fingerprint density at radius 1 is 1.10 bits per heavy atom. The Hall–Kier alpha value is -2.86. The molecule has 0 saturated carbocycles. The average Bonchev–Trinajstić information content (AvgIpc) is 2.86. The highest BCUT2D eigenvalue weighted by Crippen LogP contribution is 2.21. The smallest absolute Gasteiger partial charge is 0.152 e. The third-order valence-electron chi connectivity index (χ3n) is 3.42. The first-order valence-corrected chi connectivity index (χ1v) is 6.34. The number of aldehydes is 1. The van der Waals surface area contributed by atoms with Gasteiger partial charge in [0, 0.05) is 29.2 Å². The summed E-state index contributed by atoms with van der Waals surface area (Å²) in [5.74, 6) is 0. The Morgan fingerprint density at radius 2 is 1.85 bits per heavy atom. The van der Waals surface area contributed by atoms with Crippen molar-refractivity contribution in [3.05, 3.63) is 71.4 Å². The van der Waals surface area contributed by atoms with Gasteiger partial charge in [0.15, 0.2) is 6.29 Å². The van der Waals surface area contributed by atoms with Crippen LogP contribution in [0.4, 0.5) is 0 Å². The minimum absolute atomic E-state index is 0.581. The monoisotopic (exact) mass is 260 g/mol. The highest BCUT2D eigenvalue weighted by atomic mass is 16.1. The summed E-state index contributed by atoms with van der Waals surface area (Å²) in [6.07, 6.45) is 2.71. The summed E-state index contributed by atoms with van der Waals surface area (Å²) in [5.41, 5.74) is 3.29. The fraction of sp³-hybridized carbons (Fsp3) is 0.0588. The zero-order valence-corrected chi connectivity index (χ0v) is 10.8. The summed E-state index contributed by atoms with van der Waals surface area (Å²) in [7, 11) is 0. The van der Waals surface area contributed by atoms with E-state index < -0.39 is 0 Å². The summed E-state index contributed by atoms with van der Waals surface area (Å²) in [5, 5.41) is 10.1. The largest absolute Gasteiger partial charge is 0.342 e. The van der Waals surface area contributed by atoms with Gasteiger partial charge < -0.3 is 4.57 Å². The first kappa shape index (κ1) is 12.2. The van der Waals surface area contributed by atoms with Crippen molar-refractivity contribution in [2.24, 2.45) is 0 Å². The molecular weight excluding hydrogens is 248 g/mol. The van der Waals surface area contributed by atoms with Crippen LogP contribution in [0.25, 0.3) is 10.9 Å². The van der Waals surface area contributed by atoms with Crippen LogP contribution in [0.2, 0.25) is 0 Å². The van der Waals surface area contributed by atoms with E-state index in [9.17, 15) is 4.79 Å². The van der Waals surface area contributed by atoms with Crippen molar-refractivity contribution in [1.82, 2.24) is 4.57 Å². The molecule has 96 valence electrons. The number of hydrogen-bond donors (Lipinski definition) is 0. The van der Waals surface area contributed by atoms with Crippen LogP contribution < -0.4 is 0 Å². The number of carbonyl (C=O) groups is 1. The zero-order valence-electron chi connectivity index (χ0n) is 10.8. The van der Waals surface area contributed by atoms with Crippen molar-refractivity contribution in [1.29, 1.82) is 5.26 Å².